The predicted molar refractivity (Wildman–Crippen MR) is 69.7 cm³/mol. The predicted octanol–water partition coefficient (Wildman–Crippen LogP) is 1.80. The number of nitrogens with zero attached hydrogens (tertiary/aromatic N) is 1. The maximum atomic E-state index is 12.0. The molecular formula is C14H24N2O. The molecule has 2 aliphatic rings. The van der Waals surface area contributed by atoms with Gasteiger partial charge in [0.05, 0.1) is 0 Å². The van der Waals surface area contributed by atoms with Gasteiger partial charge in [0.25, 0.3) is 0 Å². The highest BCUT2D eigenvalue weighted by Crippen LogP contribution is 2.21. The van der Waals surface area contributed by atoms with E-state index in [4.69, 9.17) is 0 Å². The Morgan fingerprint density at radius 1 is 1.35 bits per heavy atom. The van der Waals surface area contributed by atoms with Gasteiger partial charge in [-0.1, -0.05) is 12.2 Å². The lowest BCUT2D eigenvalue weighted by Gasteiger charge is -2.28. The van der Waals surface area contributed by atoms with Gasteiger partial charge in [-0.15, -0.1) is 0 Å². The topological polar surface area (TPSA) is 32.3 Å². The Hall–Kier alpha value is -0.830. The van der Waals surface area contributed by atoms with Crippen LogP contribution in [0.15, 0.2) is 12.2 Å². The Labute approximate surface area is 104 Å². The fourth-order valence-corrected chi connectivity index (χ4v) is 2.80. The Morgan fingerprint density at radius 2 is 2.12 bits per heavy atom. The van der Waals surface area contributed by atoms with Crippen molar-refractivity contribution in [3.8, 4) is 0 Å². The summed E-state index contributed by atoms with van der Waals surface area (Å²) in [5, 5.41) is 3.36. The zero-order chi connectivity index (χ0) is 12.1. The minimum atomic E-state index is 0.320. The van der Waals surface area contributed by atoms with Crippen LogP contribution in [0.25, 0.3) is 0 Å². The van der Waals surface area contributed by atoms with Gasteiger partial charge in [0.15, 0.2) is 0 Å². The number of amides is 1. The second kappa shape index (κ2) is 6.20. The average Bonchev–Trinajstić information content (AvgIpc) is 2.83. The molecule has 1 atom stereocenters. The van der Waals surface area contributed by atoms with E-state index in [0.717, 1.165) is 32.5 Å². The van der Waals surface area contributed by atoms with Gasteiger partial charge >= 0.3 is 0 Å². The van der Waals surface area contributed by atoms with Gasteiger partial charge in [-0.2, -0.15) is 0 Å². The van der Waals surface area contributed by atoms with Crippen molar-refractivity contribution in [2.45, 2.75) is 32.1 Å². The highest BCUT2D eigenvalue weighted by atomic mass is 16.2. The molecule has 2 rings (SSSR count). The van der Waals surface area contributed by atoms with Crippen LogP contribution in [-0.2, 0) is 4.79 Å². The average molecular weight is 236 g/mol. The number of piperidine rings is 1. The van der Waals surface area contributed by atoms with Gasteiger partial charge in [0, 0.05) is 20.0 Å². The van der Waals surface area contributed by atoms with Gasteiger partial charge in [-0.3, -0.25) is 4.79 Å². The fraction of sp³-hybridized carbons (Fsp3) is 0.786. The van der Waals surface area contributed by atoms with Crippen molar-refractivity contribution in [3.05, 3.63) is 12.2 Å². The summed E-state index contributed by atoms with van der Waals surface area (Å²) in [5.74, 6) is 1.52. The quantitative estimate of drug-likeness (QED) is 0.755. The lowest BCUT2D eigenvalue weighted by molar-refractivity contribution is -0.131. The van der Waals surface area contributed by atoms with Crippen molar-refractivity contribution >= 4 is 5.91 Å². The van der Waals surface area contributed by atoms with Crippen LogP contribution in [0.4, 0.5) is 0 Å². The highest BCUT2D eigenvalue weighted by molar-refractivity contribution is 5.76. The Bertz CT molecular complexity index is 282. The van der Waals surface area contributed by atoms with E-state index in [1.165, 1.54) is 12.8 Å². The molecule has 1 saturated heterocycles. The Morgan fingerprint density at radius 3 is 2.76 bits per heavy atom. The molecule has 1 N–H and O–H groups in total. The smallest absolute Gasteiger partial charge is 0.222 e. The molecule has 3 heteroatoms. The Kier molecular flexibility index (Phi) is 4.60. The maximum absolute atomic E-state index is 12.0. The van der Waals surface area contributed by atoms with Crippen molar-refractivity contribution in [2.24, 2.45) is 11.8 Å². The second-order valence-electron chi connectivity index (χ2n) is 5.44. The first kappa shape index (κ1) is 12.6. The first-order chi connectivity index (χ1) is 8.25. The number of hydrogen-bond donors (Lipinski definition) is 1. The van der Waals surface area contributed by atoms with Crippen LogP contribution in [0.3, 0.4) is 0 Å². The van der Waals surface area contributed by atoms with Crippen molar-refractivity contribution in [3.63, 3.8) is 0 Å². The van der Waals surface area contributed by atoms with E-state index >= 15 is 0 Å². The zero-order valence-corrected chi connectivity index (χ0v) is 10.8. The normalized spacial score (nSPS) is 25.1. The first-order valence-electron chi connectivity index (χ1n) is 6.87. The minimum Gasteiger partial charge on any atom is -0.345 e. The SMILES string of the molecule is CN(CC1CCNCC1)C(=O)CC1C=CCC1. The molecule has 0 spiro atoms. The summed E-state index contributed by atoms with van der Waals surface area (Å²) >= 11 is 0. The van der Waals surface area contributed by atoms with E-state index in [1.54, 1.807) is 0 Å². The molecule has 0 radical (unpaired) electrons. The second-order valence-corrected chi connectivity index (χ2v) is 5.44. The molecule has 1 aliphatic carbocycles. The number of hydrogen-bond acceptors (Lipinski definition) is 2. The molecule has 0 aromatic carbocycles. The largest absolute Gasteiger partial charge is 0.345 e. The molecular weight excluding hydrogens is 212 g/mol. The zero-order valence-electron chi connectivity index (χ0n) is 10.8. The monoisotopic (exact) mass is 236 g/mol. The van der Waals surface area contributed by atoms with Crippen LogP contribution in [-0.4, -0.2) is 37.5 Å². The van der Waals surface area contributed by atoms with Gasteiger partial charge < -0.3 is 10.2 Å². The van der Waals surface area contributed by atoms with Gasteiger partial charge in [-0.05, 0) is 50.6 Å². The van der Waals surface area contributed by atoms with E-state index in [1.807, 2.05) is 11.9 Å². The summed E-state index contributed by atoms with van der Waals surface area (Å²) in [5.41, 5.74) is 0. The molecule has 1 aliphatic heterocycles. The standard InChI is InChI=1S/C14H24N2O/c1-16(11-13-6-8-15-9-7-13)14(17)10-12-4-2-3-5-12/h2,4,12-13,15H,3,5-11H2,1H3. The van der Waals surface area contributed by atoms with Crippen LogP contribution in [0, 0.1) is 11.8 Å². The van der Waals surface area contributed by atoms with E-state index in [-0.39, 0.29) is 0 Å². The van der Waals surface area contributed by atoms with Crippen LogP contribution >= 0.6 is 0 Å². The summed E-state index contributed by atoms with van der Waals surface area (Å²) in [4.78, 5) is 14.0. The summed E-state index contributed by atoms with van der Waals surface area (Å²) in [7, 11) is 1.96. The van der Waals surface area contributed by atoms with Crippen molar-refractivity contribution < 1.29 is 4.79 Å². The first-order valence-corrected chi connectivity index (χ1v) is 6.87. The van der Waals surface area contributed by atoms with Gasteiger partial charge in [-0.25, -0.2) is 0 Å². The molecule has 1 heterocycles. The molecule has 0 aromatic rings. The Balaban J connectivity index is 1.72. The van der Waals surface area contributed by atoms with Crippen molar-refractivity contribution in [1.29, 1.82) is 0 Å². The van der Waals surface area contributed by atoms with Crippen LogP contribution in [0.5, 0.6) is 0 Å². The number of carbonyl (C=O) groups excluding carboxylic acids is 1. The third-order valence-corrected chi connectivity index (χ3v) is 3.97. The molecule has 17 heavy (non-hydrogen) atoms. The molecule has 3 nitrogen and oxygen atoms in total. The maximum Gasteiger partial charge on any atom is 0.222 e. The van der Waals surface area contributed by atoms with Crippen LogP contribution in [0.1, 0.15) is 32.1 Å². The van der Waals surface area contributed by atoms with E-state index in [9.17, 15) is 4.79 Å². The van der Waals surface area contributed by atoms with Gasteiger partial charge in [0.1, 0.15) is 0 Å². The van der Waals surface area contributed by atoms with Gasteiger partial charge in [0.2, 0.25) is 5.91 Å². The minimum absolute atomic E-state index is 0.320. The number of rotatable bonds is 4. The third-order valence-electron chi connectivity index (χ3n) is 3.97. The fourth-order valence-electron chi connectivity index (χ4n) is 2.80. The molecule has 0 bridgehead atoms. The lowest BCUT2D eigenvalue weighted by Crippen LogP contribution is -2.37. The summed E-state index contributed by atoms with van der Waals surface area (Å²) < 4.78 is 0. The van der Waals surface area contributed by atoms with E-state index < -0.39 is 0 Å². The van der Waals surface area contributed by atoms with Crippen LogP contribution < -0.4 is 5.32 Å². The van der Waals surface area contributed by atoms with Crippen molar-refractivity contribution in [2.75, 3.05) is 26.7 Å². The van der Waals surface area contributed by atoms with E-state index in [0.29, 0.717) is 24.2 Å². The molecule has 0 aromatic heterocycles. The number of carbonyl (C=O) groups is 1. The number of nitrogens with one attached hydrogen (secondary N) is 1. The molecule has 96 valence electrons. The van der Waals surface area contributed by atoms with Crippen molar-refractivity contribution in [1.82, 2.24) is 10.2 Å². The summed E-state index contributed by atoms with van der Waals surface area (Å²) in [6.45, 7) is 3.16. The number of allylic oxidation sites excluding steroid dienone is 2. The molecule has 1 unspecified atom stereocenters. The molecule has 1 amide bonds. The third kappa shape index (κ3) is 3.84. The summed E-state index contributed by atoms with van der Waals surface area (Å²) in [6.07, 6.45) is 9.84. The molecule has 0 saturated carbocycles. The van der Waals surface area contributed by atoms with E-state index in [2.05, 4.69) is 17.5 Å². The lowest BCUT2D eigenvalue weighted by atomic mass is 9.97. The van der Waals surface area contributed by atoms with Crippen LogP contribution in [0.2, 0.25) is 0 Å². The molecule has 1 fully saturated rings. The summed E-state index contributed by atoms with van der Waals surface area (Å²) in [6, 6.07) is 0. The highest BCUT2D eigenvalue weighted by Gasteiger charge is 2.20.